The van der Waals surface area contributed by atoms with Gasteiger partial charge < -0.3 is 15.2 Å². The molecule has 0 radical (unpaired) electrons. The molecular weight excluding hydrogens is 307 g/mol. The van der Waals surface area contributed by atoms with Crippen LogP contribution in [0.1, 0.15) is 11.3 Å². The zero-order valence-electron chi connectivity index (χ0n) is 14.5. The summed E-state index contributed by atoms with van der Waals surface area (Å²) in [6.45, 7) is 6.10. The lowest BCUT2D eigenvalue weighted by Gasteiger charge is -2.22. The van der Waals surface area contributed by atoms with E-state index in [4.69, 9.17) is 0 Å². The van der Waals surface area contributed by atoms with E-state index in [2.05, 4.69) is 27.1 Å². The van der Waals surface area contributed by atoms with E-state index in [0.29, 0.717) is 0 Å². The molecule has 2 N–H and O–H groups in total. The lowest BCUT2D eigenvalue weighted by Crippen LogP contribution is -2.39. The molecular formula is C18H25FN4O. The number of H-pyrrole nitrogens is 1. The van der Waals surface area contributed by atoms with Gasteiger partial charge in [0.1, 0.15) is 5.82 Å². The van der Waals surface area contributed by atoms with Gasteiger partial charge in [0.15, 0.2) is 0 Å². The van der Waals surface area contributed by atoms with Gasteiger partial charge in [0.05, 0.1) is 5.92 Å². The highest BCUT2D eigenvalue weighted by molar-refractivity contribution is 5.84. The van der Waals surface area contributed by atoms with Crippen LogP contribution in [-0.2, 0) is 11.3 Å². The zero-order valence-corrected chi connectivity index (χ0v) is 14.5. The number of hydrogen-bond acceptors (Lipinski definition) is 3. The highest BCUT2D eigenvalue weighted by Gasteiger charge is 2.26. The quantitative estimate of drug-likeness (QED) is 0.900. The molecule has 0 unspecified atom stereocenters. The van der Waals surface area contributed by atoms with Crippen molar-refractivity contribution in [3.05, 3.63) is 35.3 Å². The van der Waals surface area contributed by atoms with E-state index in [-0.39, 0.29) is 17.6 Å². The molecule has 2 aromatic rings. The summed E-state index contributed by atoms with van der Waals surface area (Å²) in [6.07, 6.45) is 0. The molecule has 0 saturated carbocycles. The highest BCUT2D eigenvalue weighted by atomic mass is 19.1. The van der Waals surface area contributed by atoms with Crippen LogP contribution in [0.4, 0.5) is 4.39 Å². The zero-order chi connectivity index (χ0) is 17.3. The minimum absolute atomic E-state index is 0.0374. The van der Waals surface area contributed by atoms with E-state index < -0.39 is 0 Å². The smallest absolute Gasteiger partial charge is 0.225 e. The van der Waals surface area contributed by atoms with Crippen molar-refractivity contribution in [2.75, 3.05) is 40.3 Å². The first-order chi connectivity index (χ1) is 11.5. The molecule has 24 heavy (non-hydrogen) atoms. The van der Waals surface area contributed by atoms with Crippen LogP contribution in [-0.4, -0.2) is 61.0 Å². The molecule has 1 saturated heterocycles. The van der Waals surface area contributed by atoms with E-state index in [9.17, 15) is 9.18 Å². The molecule has 0 aliphatic carbocycles. The summed E-state index contributed by atoms with van der Waals surface area (Å²) in [7, 11) is 3.74. The lowest BCUT2D eigenvalue weighted by molar-refractivity contribution is -0.125. The van der Waals surface area contributed by atoms with Crippen LogP contribution in [0.3, 0.4) is 0 Å². The van der Waals surface area contributed by atoms with Crippen LogP contribution >= 0.6 is 0 Å². The molecule has 1 aromatic carbocycles. The van der Waals surface area contributed by atoms with Gasteiger partial charge in [-0.15, -0.1) is 0 Å². The monoisotopic (exact) mass is 332 g/mol. The molecule has 0 spiro atoms. The van der Waals surface area contributed by atoms with Gasteiger partial charge in [0.25, 0.3) is 0 Å². The van der Waals surface area contributed by atoms with Crippen molar-refractivity contribution < 1.29 is 9.18 Å². The molecule has 1 aromatic heterocycles. The summed E-state index contributed by atoms with van der Waals surface area (Å²) in [6, 6.07) is 4.84. The number of fused-ring (bicyclic) bond motifs is 1. The second-order valence-electron chi connectivity index (χ2n) is 6.73. The van der Waals surface area contributed by atoms with Crippen molar-refractivity contribution in [1.29, 1.82) is 0 Å². The second kappa shape index (κ2) is 6.91. The van der Waals surface area contributed by atoms with Crippen LogP contribution in [0.2, 0.25) is 0 Å². The van der Waals surface area contributed by atoms with Crippen LogP contribution < -0.4 is 5.32 Å². The maximum absolute atomic E-state index is 13.5. The fourth-order valence-corrected chi connectivity index (χ4v) is 3.49. The Labute approximate surface area is 141 Å². The Hall–Kier alpha value is -1.92. The SMILES string of the molecule is CNC(=O)[C@H]1CN(C)CCN(Cc2[nH]c3ccc(F)cc3c2C)C1. The van der Waals surface area contributed by atoms with Crippen molar-refractivity contribution >= 4 is 16.8 Å². The molecule has 2 heterocycles. The number of aryl methyl sites for hydroxylation is 1. The predicted molar refractivity (Wildman–Crippen MR) is 93.3 cm³/mol. The fraction of sp³-hybridized carbons (Fsp3) is 0.500. The third kappa shape index (κ3) is 3.44. The molecule has 1 fully saturated rings. The second-order valence-corrected chi connectivity index (χ2v) is 6.73. The van der Waals surface area contributed by atoms with Gasteiger partial charge in [-0.2, -0.15) is 0 Å². The topological polar surface area (TPSA) is 51.4 Å². The van der Waals surface area contributed by atoms with E-state index in [1.807, 2.05) is 6.92 Å². The Morgan fingerprint density at radius 1 is 1.38 bits per heavy atom. The number of benzene rings is 1. The minimum atomic E-state index is -0.216. The van der Waals surface area contributed by atoms with Crippen molar-refractivity contribution in [2.24, 2.45) is 5.92 Å². The highest BCUT2D eigenvalue weighted by Crippen LogP contribution is 2.24. The first-order valence-corrected chi connectivity index (χ1v) is 8.37. The predicted octanol–water partition coefficient (Wildman–Crippen LogP) is 1.73. The molecule has 1 aliphatic heterocycles. The maximum atomic E-state index is 13.5. The van der Waals surface area contributed by atoms with Crippen molar-refractivity contribution in [2.45, 2.75) is 13.5 Å². The van der Waals surface area contributed by atoms with Crippen LogP contribution in [0.5, 0.6) is 0 Å². The first-order valence-electron chi connectivity index (χ1n) is 8.37. The van der Waals surface area contributed by atoms with E-state index in [1.165, 1.54) is 6.07 Å². The van der Waals surface area contributed by atoms with Crippen molar-refractivity contribution in [3.8, 4) is 0 Å². The Bertz CT molecular complexity index is 742. The number of carbonyl (C=O) groups excluding carboxylic acids is 1. The normalized spacial score (nSPS) is 20.2. The van der Waals surface area contributed by atoms with Crippen LogP contribution in [0.15, 0.2) is 18.2 Å². The third-order valence-electron chi connectivity index (χ3n) is 4.93. The molecule has 0 bridgehead atoms. The Morgan fingerprint density at radius 3 is 2.92 bits per heavy atom. The minimum Gasteiger partial charge on any atom is -0.359 e. The number of rotatable bonds is 3. The van der Waals surface area contributed by atoms with Gasteiger partial charge in [-0.05, 0) is 37.7 Å². The van der Waals surface area contributed by atoms with Crippen LogP contribution in [0, 0.1) is 18.7 Å². The number of halogens is 1. The largest absolute Gasteiger partial charge is 0.359 e. The lowest BCUT2D eigenvalue weighted by atomic mass is 10.1. The average molecular weight is 332 g/mol. The number of aromatic amines is 1. The van der Waals surface area contributed by atoms with Gasteiger partial charge in [-0.1, -0.05) is 0 Å². The van der Waals surface area contributed by atoms with Gasteiger partial charge >= 0.3 is 0 Å². The molecule has 5 nitrogen and oxygen atoms in total. The first kappa shape index (κ1) is 16.9. The molecule has 1 amide bonds. The number of nitrogens with one attached hydrogen (secondary N) is 2. The standard InChI is InChI=1S/C18H25FN4O/c1-12-15-8-14(19)4-5-16(15)21-17(12)11-23-7-6-22(3)9-13(10-23)18(24)20-2/h4-5,8,13,21H,6-7,9-11H2,1-3H3,(H,20,24)/t13-/m0/s1. The fourth-order valence-electron chi connectivity index (χ4n) is 3.49. The van der Waals surface area contributed by atoms with E-state index in [0.717, 1.165) is 54.9 Å². The number of likely N-dealkylation sites (N-methyl/N-ethyl adjacent to an activating group) is 1. The average Bonchev–Trinajstić information content (AvgIpc) is 2.74. The Balaban J connectivity index is 1.81. The molecule has 130 valence electrons. The summed E-state index contributed by atoms with van der Waals surface area (Å²) in [4.78, 5) is 20.0. The van der Waals surface area contributed by atoms with Gasteiger partial charge in [-0.3, -0.25) is 9.69 Å². The van der Waals surface area contributed by atoms with Gasteiger partial charge in [0, 0.05) is 56.4 Å². The molecule has 3 rings (SSSR count). The summed E-state index contributed by atoms with van der Waals surface area (Å²) >= 11 is 0. The number of aromatic nitrogens is 1. The molecule has 6 heteroatoms. The maximum Gasteiger partial charge on any atom is 0.225 e. The summed E-state index contributed by atoms with van der Waals surface area (Å²) in [5, 5.41) is 3.70. The Morgan fingerprint density at radius 2 is 2.17 bits per heavy atom. The molecule has 1 aliphatic rings. The third-order valence-corrected chi connectivity index (χ3v) is 4.93. The number of hydrogen-bond donors (Lipinski definition) is 2. The van der Waals surface area contributed by atoms with Crippen molar-refractivity contribution in [3.63, 3.8) is 0 Å². The van der Waals surface area contributed by atoms with Gasteiger partial charge in [0.2, 0.25) is 5.91 Å². The van der Waals surface area contributed by atoms with Crippen LogP contribution in [0.25, 0.3) is 10.9 Å². The summed E-state index contributed by atoms with van der Waals surface area (Å²) < 4.78 is 13.5. The summed E-state index contributed by atoms with van der Waals surface area (Å²) in [5.74, 6) is -0.166. The Kier molecular flexibility index (Phi) is 4.87. The van der Waals surface area contributed by atoms with Crippen molar-refractivity contribution in [1.82, 2.24) is 20.1 Å². The number of amides is 1. The number of nitrogens with zero attached hydrogens (tertiary/aromatic N) is 2. The van der Waals surface area contributed by atoms with E-state index >= 15 is 0 Å². The van der Waals surface area contributed by atoms with Gasteiger partial charge in [-0.25, -0.2) is 4.39 Å². The van der Waals surface area contributed by atoms with E-state index in [1.54, 1.807) is 19.2 Å². The summed E-state index contributed by atoms with van der Waals surface area (Å²) in [5.41, 5.74) is 3.13. The molecule has 1 atom stereocenters. The number of carbonyl (C=O) groups is 1.